The standard InChI is InChI=1S/C16H28N2O2/c1-6-18(3)10-9-17-13(2)14-7-8-16(20-5)15(11-14)12-19-4/h7-8,11,13,17H,6,9-10,12H2,1-5H3. The fraction of sp³-hybridized carbons (Fsp3) is 0.625. The van der Waals surface area contributed by atoms with E-state index < -0.39 is 0 Å². The highest BCUT2D eigenvalue weighted by molar-refractivity contribution is 5.38. The first-order chi connectivity index (χ1) is 9.62. The maximum Gasteiger partial charge on any atom is 0.124 e. The predicted molar refractivity (Wildman–Crippen MR) is 83.3 cm³/mol. The van der Waals surface area contributed by atoms with E-state index in [1.807, 2.05) is 6.07 Å². The molecule has 0 amide bonds. The molecule has 0 aromatic heterocycles. The highest BCUT2D eigenvalue weighted by atomic mass is 16.5. The summed E-state index contributed by atoms with van der Waals surface area (Å²) in [5, 5.41) is 3.55. The summed E-state index contributed by atoms with van der Waals surface area (Å²) in [5.74, 6) is 0.883. The molecule has 0 fully saturated rings. The maximum absolute atomic E-state index is 5.35. The lowest BCUT2D eigenvalue weighted by atomic mass is 10.0. The molecule has 0 radical (unpaired) electrons. The third-order valence-electron chi connectivity index (χ3n) is 3.59. The SMILES string of the molecule is CCN(C)CCNC(C)c1ccc(OC)c(COC)c1. The zero-order valence-corrected chi connectivity index (χ0v) is 13.4. The number of nitrogens with zero attached hydrogens (tertiary/aromatic N) is 1. The van der Waals surface area contributed by atoms with Crippen LogP contribution in [-0.2, 0) is 11.3 Å². The number of likely N-dealkylation sites (N-methyl/N-ethyl adjacent to an activating group) is 1. The molecule has 1 atom stereocenters. The molecule has 0 saturated carbocycles. The van der Waals surface area contributed by atoms with Crippen LogP contribution in [0.5, 0.6) is 5.75 Å². The molecule has 1 aromatic rings. The topological polar surface area (TPSA) is 33.7 Å². The number of rotatable bonds is 9. The van der Waals surface area contributed by atoms with Crippen molar-refractivity contribution in [2.24, 2.45) is 0 Å². The van der Waals surface area contributed by atoms with Gasteiger partial charge in [0.25, 0.3) is 0 Å². The largest absolute Gasteiger partial charge is 0.496 e. The van der Waals surface area contributed by atoms with Crippen molar-refractivity contribution in [3.05, 3.63) is 29.3 Å². The molecule has 0 bridgehead atoms. The molecule has 20 heavy (non-hydrogen) atoms. The van der Waals surface area contributed by atoms with Crippen LogP contribution in [0.3, 0.4) is 0 Å². The first-order valence-corrected chi connectivity index (χ1v) is 7.20. The molecule has 114 valence electrons. The van der Waals surface area contributed by atoms with Gasteiger partial charge in [-0.3, -0.25) is 0 Å². The second-order valence-corrected chi connectivity index (χ2v) is 5.08. The van der Waals surface area contributed by atoms with Gasteiger partial charge in [-0.25, -0.2) is 0 Å². The number of benzene rings is 1. The average Bonchev–Trinajstić information content (AvgIpc) is 2.47. The summed E-state index contributed by atoms with van der Waals surface area (Å²) in [6.45, 7) is 8.05. The lowest BCUT2D eigenvalue weighted by Crippen LogP contribution is -2.30. The molecule has 0 aliphatic carbocycles. The fourth-order valence-corrected chi connectivity index (χ4v) is 2.08. The predicted octanol–water partition coefficient (Wildman–Crippen LogP) is 2.44. The van der Waals surface area contributed by atoms with Crippen LogP contribution in [0.4, 0.5) is 0 Å². The molecule has 0 aliphatic rings. The Balaban J connectivity index is 2.63. The molecular formula is C16H28N2O2. The highest BCUT2D eigenvalue weighted by Gasteiger charge is 2.09. The van der Waals surface area contributed by atoms with Crippen LogP contribution in [0.25, 0.3) is 0 Å². The van der Waals surface area contributed by atoms with E-state index in [-0.39, 0.29) is 0 Å². The zero-order valence-electron chi connectivity index (χ0n) is 13.4. The molecule has 1 N–H and O–H groups in total. The third-order valence-corrected chi connectivity index (χ3v) is 3.59. The quantitative estimate of drug-likeness (QED) is 0.753. The number of hydrogen-bond acceptors (Lipinski definition) is 4. The van der Waals surface area contributed by atoms with Crippen LogP contribution < -0.4 is 10.1 Å². The number of hydrogen-bond donors (Lipinski definition) is 1. The molecule has 1 unspecified atom stereocenters. The van der Waals surface area contributed by atoms with Gasteiger partial charge in [-0.2, -0.15) is 0 Å². The van der Waals surface area contributed by atoms with Gasteiger partial charge >= 0.3 is 0 Å². The van der Waals surface area contributed by atoms with Crippen molar-refractivity contribution >= 4 is 0 Å². The van der Waals surface area contributed by atoms with Gasteiger partial charge < -0.3 is 19.7 Å². The van der Waals surface area contributed by atoms with E-state index in [1.165, 1.54) is 5.56 Å². The van der Waals surface area contributed by atoms with Crippen molar-refractivity contribution in [1.82, 2.24) is 10.2 Å². The summed E-state index contributed by atoms with van der Waals surface area (Å²) in [6, 6.07) is 6.60. The van der Waals surface area contributed by atoms with Crippen LogP contribution in [0.2, 0.25) is 0 Å². The first-order valence-electron chi connectivity index (χ1n) is 7.20. The Kier molecular flexibility index (Phi) is 7.59. The molecule has 0 aliphatic heterocycles. The Morgan fingerprint density at radius 1 is 1.30 bits per heavy atom. The molecule has 0 spiro atoms. The summed E-state index contributed by atoms with van der Waals surface area (Å²) in [4.78, 5) is 2.30. The van der Waals surface area contributed by atoms with Crippen molar-refractivity contribution in [2.45, 2.75) is 26.5 Å². The zero-order chi connectivity index (χ0) is 15.0. The summed E-state index contributed by atoms with van der Waals surface area (Å²) >= 11 is 0. The Hall–Kier alpha value is -1.10. The van der Waals surface area contributed by atoms with Crippen LogP contribution >= 0.6 is 0 Å². The van der Waals surface area contributed by atoms with Crippen molar-refractivity contribution < 1.29 is 9.47 Å². The van der Waals surface area contributed by atoms with E-state index >= 15 is 0 Å². The van der Waals surface area contributed by atoms with Gasteiger partial charge in [-0.05, 0) is 38.2 Å². The van der Waals surface area contributed by atoms with Crippen molar-refractivity contribution in [3.8, 4) is 5.75 Å². The summed E-state index contributed by atoms with van der Waals surface area (Å²) in [6.07, 6.45) is 0. The second kappa shape index (κ2) is 8.95. The summed E-state index contributed by atoms with van der Waals surface area (Å²) in [5.41, 5.74) is 2.35. The Morgan fingerprint density at radius 2 is 2.05 bits per heavy atom. The van der Waals surface area contributed by atoms with Gasteiger partial charge in [0.1, 0.15) is 5.75 Å². The summed E-state index contributed by atoms with van der Waals surface area (Å²) in [7, 11) is 5.53. The molecule has 1 rings (SSSR count). The van der Waals surface area contributed by atoms with Gasteiger partial charge in [0.05, 0.1) is 13.7 Å². The first kappa shape index (κ1) is 17.0. The van der Waals surface area contributed by atoms with Gasteiger partial charge in [0, 0.05) is 31.8 Å². The van der Waals surface area contributed by atoms with E-state index in [9.17, 15) is 0 Å². The van der Waals surface area contributed by atoms with Crippen LogP contribution in [0, 0.1) is 0 Å². The second-order valence-electron chi connectivity index (χ2n) is 5.08. The van der Waals surface area contributed by atoms with E-state index in [2.05, 4.69) is 43.2 Å². The lowest BCUT2D eigenvalue weighted by Gasteiger charge is -2.19. The average molecular weight is 280 g/mol. The minimum Gasteiger partial charge on any atom is -0.496 e. The smallest absolute Gasteiger partial charge is 0.124 e. The monoisotopic (exact) mass is 280 g/mol. The Labute approximate surface area is 123 Å². The van der Waals surface area contributed by atoms with E-state index in [1.54, 1.807) is 14.2 Å². The molecule has 0 saturated heterocycles. The fourth-order valence-electron chi connectivity index (χ4n) is 2.08. The van der Waals surface area contributed by atoms with Gasteiger partial charge in [0.15, 0.2) is 0 Å². The molecule has 4 heteroatoms. The molecule has 4 nitrogen and oxygen atoms in total. The number of nitrogens with one attached hydrogen (secondary N) is 1. The van der Waals surface area contributed by atoms with E-state index in [0.29, 0.717) is 12.6 Å². The number of ether oxygens (including phenoxy) is 2. The number of methoxy groups -OCH3 is 2. The van der Waals surface area contributed by atoms with Crippen molar-refractivity contribution in [1.29, 1.82) is 0 Å². The minimum absolute atomic E-state index is 0.321. The van der Waals surface area contributed by atoms with E-state index in [0.717, 1.165) is 30.9 Å². The Bertz CT molecular complexity index is 396. The van der Waals surface area contributed by atoms with Crippen molar-refractivity contribution in [3.63, 3.8) is 0 Å². The van der Waals surface area contributed by atoms with Crippen LogP contribution in [-0.4, -0.2) is 45.8 Å². The van der Waals surface area contributed by atoms with Crippen LogP contribution in [0.15, 0.2) is 18.2 Å². The highest BCUT2D eigenvalue weighted by Crippen LogP contribution is 2.23. The molecule has 1 aromatic carbocycles. The van der Waals surface area contributed by atoms with Crippen molar-refractivity contribution in [2.75, 3.05) is 40.9 Å². The van der Waals surface area contributed by atoms with Gasteiger partial charge in [-0.1, -0.05) is 13.0 Å². The summed E-state index contributed by atoms with van der Waals surface area (Å²) < 4.78 is 10.6. The Morgan fingerprint density at radius 3 is 2.65 bits per heavy atom. The lowest BCUT2D eigenvalue weighted by molar-refractivity contribution is 0.181. The van der Waals surface area contributed by atoms with E-state index in [4.69, 9.17) is 9.47 Å². The van der Waals surface area contributed by atoms with Crippen LogP contribution in [0.1, 0.15) is 31.0 Å². The molecule has 0 heterocycles. The maximum atomic E-state index is 5.35. The molecular weight excluding hydrogens is 252 g/mol. The normalized spacial score (nSPS) is 12.7. The third kappa shape index (κ3) is 5.12. The van der Waals surface area contributed by atoms with Gasteiger partial charge in [-0.15, -0.1) is 0 Å². The van der Waals surface area contributed by atoms with Gasteiger partial charge in [0.2, 0.25) is 0 Å². The minimum atomic E-state index is 0.321.